The van der Waals surface area contributed by atoms with Gasteiger partial charge in [0.25, 0.3) is 6.43 Å². The second kappa shape index (κ2) is 4.67. The molecule has 0 amide bonds. The van der Waals surface area contributed by atoms with Gasteiger partial charge in [0.15, 0.2) is 0 Å². The van der Waals surface area contributed by atoms with Gasteiger partial charge in [0.05, 0.1) is 5.41 Å². The molecule has 1 aromatic rings. The van der Waals surface area contributed by atoms with Crippen molar-refractivity contribution in [3.8, 4) is 0 Å². The lowest BCUT2D eigenvalue weighted by molar-refractivity contribution is -0.143. The van der Waals surface area contributed by atoms with E-state index in [9.17, 15) is 18.7 Å². The molecule has 2 rings (SSSR count). The molecule has 4 heteroatoms. The van der Waals surface area contributed by atoms with Crippen LogP contribution >= 0.6 is 0 Å². The molecule has 0 atom stereocenters. The minimum absolute atomic E-state index is 0.0555. The van der Waals surface area contributed by atoms with E-state index >= 15 is 0 Å². The molecule has 1 aliphatic carbocycles. The van der Waals surface area contributed by atoms with Gasteiger partial charge in [-0.3, -0.25) is 4.79 Å². The third-order valence-corrected chi connectivity index (χ3v) is 3.93. The van der Waals surface area contributed by atoms with Crippen LogP contribution in [0.15, 0.2) is 18.2 Å². The summed E-state index contributed by atoms with van der Waals surface area (Å²) in [6.07, 6.45) is 0.188. The van der Waals surface area contributed by atoms with Crippen molar-refractivity contribution >= 4 is 5.97 Å². The summed E-state index contributed by atoms with van der Waals surface area (Å²) in [5.74, 6) is -0.899. The Balaban J connectivity index is 2.49. The molecule has 1 N–H and O–H groups in total. The number of halogens is 2. The van der Waals surface area contributed by atoms with E-state index in [0.29, 0.717) is 24.0 Å². The summed E-state index contributed by atoms with van der Waals surface area (Å²) < 4.78 is 25.7. The monoisotopic (exact) mass is 254 g/mol. The van der Waals surface area contributed by atoms with E-state index < -0.39 is 17.8 Å². The number of aliphatic carboxylic acids is 1. The van der Waals surface area contributed by atoms with Crippen molar-refractivity contribution in [3.05, 3.63) is 34.9 Å². The zero-order chi connectivity index (χ0) is 13.3. The fraction of sp³-hybridized carbons (Fsp3) is 0.500. The molecule has 0 radical (unpaired) electrons. The summed E-state index contributed by atoms with van der Waals surface area (Å²) in [6.45, 7) is 1.62. The smallest absolute Gasteiger partial charge is 0.314 e. The number of benzene rings is 1. The normalized spacial score (nSPS) is 18.2. The van der Waals surface area contributed by atoms with Gasteiger partial charge in [-0.2, -0.15) is 0 Å². The number of carboxylic acid groups (broad SMARTS) is 1. The predicted molar refractivity (Wildman–Crippen MR) is 63.9 cm³/mol. The van der Waals surface area contributed by atoms with E-state index in [0.717, 1.165) is 12.8 Å². The van der Waals surface area contributed by atoms with Gasteiger partial charge in [-0.1, -0.05) is 25.0 Å². The molecule has 1 fully saturated rings. The van der Waals surface area contributed by atoms with Crippen LogP contribution in [0.1, 0.15) is 48.8 Å². The lowest BCUT2D eigenvalue weighted by atomic mass is 9.78. The van der Waals surface area contributed by atoms with Crippen LogP contribution in [0.2, 0.25) is 0 Å². The van der Waals surface area contributed by atoms with E-state index in [1.807, 2.05) is 0 Å². The molecule has 2 nitrogen and oxygen atoms in total. The quantitative estimate of drug-likeness (QED) is 0.890. The summed E-state index contributed by atoms with van der Waals surface area (Å²) in [6, 6.07) is 4.65. The molecule has 0 spiro atoms. The first-order valence-electron chi connectivity index (χ1n) is 6.10. The van der Waals surface area contributed by atoms with Crippen molar-refractivity contribution in [3.63, 3.8) is 0 Å². The number of hydrogen-bond donors (Lipinski definition) is 1. The van der Waals surface area contributed by atoms with Crippen molar-refractivity contribution in [1.82, 2.24) is 0 Å². The van der Waals surface area contributed by atoms with E-state index in [2.05, 4.69) is 0 Å². The Morgan fingerprint density at radius 3 is 2.44 bits per heavy atom. The molecule has 1 aromatic carbocycles. The van der Waals surface area contributed by atoms with Crippen LogP contribution in [0.25, 0.3) is 0 Å². The van der Waals surface area contributed by atoms with Gasteiger partial charge in [-0.05, 0) is 37.0 Å². The molecule has 0 bridgehead atoms. The third-order valence-electron chi connectivity index (χ3n) is 3.93. The van der Waals surface area contributed by atoms with Gasteiger partial charge in [0.2, 0.25) is 0 Å². The Hall–Kier alpha value is -1.45. The van der Waals surface area contributed by atoms with Crippen molar-refractivity contribution in [1.29, 1.82) is 0 Å². The molecular formula is C14H16F2O2. The fourth-order valence-corrected chi connectivity index (χ4v) is 2.78. The number of carboxylic acids is 1. The van der Waals surface area contributed by atoms with Crippen molar-refractivity contribution < 1.29 is 18.7 Å². The number of hydrogen-bond acceptors (Lipinski definition) is 1. The number of alkyl halides is 2. The predicted octanol–water partition coefficient (Wildman–Crippen LogP) is 3.83. The summed E-state index contributed by atoms with van der Waals surface area (Å²) in [4.78, 5) is 11.5. The summed E-state index contributed by atoms with van der Waals surface area (Å²) in [5, 5.41) is 9.43. The van der Waals surface area contributed by atoms with Crippen LogP contribution in [0, 0.1) is 6.92 Å². The van der Waals surface area contributed by atoms with Crippen LogP contribution < -0.4 is 0 Å². The lowest BCUT2D eigenvalue weighted by Gasteiger charge is -2.25. The number of carbonyl (C=O) groups is 1. The Bertz CT molecular complexity index is 463. The molecule has 0 unspecified atom stereocenters. The van der Waals surface area contributed by atoms with Gasteiger partial charge in [0.1, 0.15) is 0 Å². The molecule has 1 aliphatic rings. The first-order valence-corrected chi connectivity index (χ1v) is 6.10. The minimum Gasteiger partial charge on any atom is -0.481 e. The molecular weight excluding hydrogens is 238 g/mol. The highest BCUT2D eigenvalue weighted by molar-refractivity contribution is 5.82. The molecule has 0 heterocycles. The average molecular weight is 254 g/mol. The second-order valence-corrected chi connectivity index (χ2v) is 4.97. The maximum Gasteiger partial charge on any atom is 0.314 e. The Morgan fingerprint density at radius 2 is 1.94 bits per heavy atom. The molecule has 1 saturated carbocycles. The summed E-state index contributed by atoms with van der Waals surface area (Å²) in [5.41, 5.74) is 0.0119. The highest BCUT2D eigenvalue weighted by Crippen LogP contribution is 2.42. The highest BCUT2D eigenvalue weighted by atomic mass is 19.3. The van der Waals surface area contributed by atoms with E-state index in [1.54, 1.807) is 19.1 Å². The van der Waals surface area contributed by atoms with Crippen LogP contribution in [0.3, 0.4) is 0 Å². The molecule has 0 aliphatic heterocycles. The van der Waals surface area contributed by atoms with Crippen molar-refractivity contribution in [2.24, 2.45) is 0 Å². The topological polar surface area (TPSA) is 37.3 Å². The zero-order valence-electron chi connectivity index (χ0n) is 10.2. The Kier molecular flexibility index (Phi) is 3.37. The minimum atomic E-state index is -2.56. The molecule has 0 aromatic heterocycles. The van der Waals surface area contributed by atoms with E-state index in [-0.39, 0.29) is 5.56 Å². The molecule has 98 valence electrons. The summed E-state index contributed by atoms with van der Waals surface area (Å²) in [7, 11) is 0. The molecule has 18 heavy (non-hydrogen) atoms. The third kappa shape index (κ3) is 2.00. The Morgan fingerprint density at radius 1 is 1.33 bits per heavy atom. The number of rotatable bonds is 3. The lowest BCUT2D eigenvalue weighted by Crippen LogP contribution is -2.32. The second-order valence-electron chi connectivity index (χ2n) is 4.97. The van der Waals surface area contributed by atoms with Gasteiger partial charge in [0, 0.05) is 5.56 Å². The van der Waals surface area contributed by atoms with Gasteiger partial charge in [-0.25, -0.2) is 8.78 Å². The van der Waals surface area contributed by atoms with Gasteiger partial charge in [-0.15, -0.1) is 0 Å². The first-order chi connectivity index (χ1) is 8.47. The zero-order valence-corrected chi connectivity index (χ0v) is 10.2. The van der Waals surface area contributed by atoms with E-state index in [1.165, 1.54) is 6.07 Å². The first kappa shape index (κ1) is 13.0. The van der Waals surface area contributed by atoms with Crippen molar-refractivity contribution in [2.75, 3.05) is 0 Å². The largest absolute Gasteiger partial charge is 0.481 e. The van der Waals surface area contributed by atoms with Crippen LogP contribution in [-0.2, 0) is 10.2 Å². The van der Waals surface area contributed by atoms with Gasteiger partial charge >= 0.3 is 5.97 Å². The van der Waals surface area contributed by atoms with Crippen LogP contribution in [0.4, 0.5) is 8.78 Å². The molecule has 0 saturated heterocycles. The maximum absolute atomic E-state index is 12.9. The van der Waals surface area contributed by atoms with Crippen LogP contribution in [0.5, 0.6) is 0 Å². The average Bonchev–Trinajstić information content (AvgIpc) is 2.79. The highest BCUT2D eigenvalue weighted by Gasteiger charge is 2.43. The Labute approximate surface area is 105 Å². The standard InChI is InChI=1S/C14H16F2O2/c1-9-4-5-10(8-11(9)12(15)16)14(13(17)18)6-2-3-7-14/h4-5,8,12H,2-3,6-7H2,1H3,(H,17,18). The summed E-state index contributed by atoms with van der Waals surface area (Å²) >= 11 is 0. The number of aryl methyl sites for hydroxylation is 1. The van der Waals surface area contributed by atoms with Gasteiger partial charge < -0.3 is 5.11 Å². The maximum atomic E-state index is 12.9. The van der Waals surface area contributed by atoms with Crippen LogP contribution in [-0.4, -0.2) is 11.1 Å². The fourth-order valence-electron chi connectivity index (χ4n) is 2.78. The van der Waals surface area contributed by atoms with Crippen molar-refractivity contribution in [2.45, 2.75) is 44.4 Å². The van der Waals surface area contributed by atoms with E-state index in [4.69, 9.17) is 0 Å². The SMILES string of the molecule is Cc1ccc(C2(C(=O)O)CCCC2)cc1C(F)F.